The standard InChI is InChI=1S/C19H19N3O4/c23-15-12-22(11-13-5-1-2-6-14(13)15)18(24)9-3-8-17-20-19(21-26-17)16-7-4-10-25-16/h1-2,4-7,10,15,23H,3,8-9,11-12H2/t15-/m0/s1. The van der Waals surface area contributed by atoms with Crippen molar-refractivity contribution in [3.63, 3.8) is 0 Å². The lowest BCUT2D eigenvalue weighted by Crippen LogP contribution is -2.38. The lowest BCUT2D eigenvalue weighted by molar-refractivity contribution is -0.134. The summed E-state index contributed by atoms with van der Waals surface area (Å²) in [5.41, 5.74) is 1.91. The summed E-state index contributed by atoms with van der Waals surface area (Å²) in [5.74, 6) is 1.46. The number of hydrogen-bond donors (Lipinski definition) is 1. The molecule has 0 saturated carbocycles. The highest BCUT2D eigenvalue weighted by Crippen LogP contribution is 2.26. The van der Waals surface area contributed by atoms with Crippen LogP contribution in [0.2, 0.25) is 0 Å². The van der Waals surface area contributed by atoms with E-state index in [0.717, 1.165) is 11.1 Å². The number of aliphatic hydroxyl groups is 1. The van der Waals surface area contributed by atoms with E-state index in [-0.39, 0.29) is 5.91 Å². The van der Waals surface area contributed by atoms with Gasteiger partial charge in [0.25, 0.3) is 0 Å². The topological polar surface area (TPSA) is 92.6 Å². The maximum absolute atomic E-state index is 12.5. The molecule has 3 heterocycles. The second kappa shape index (κ2) is 7.13. The molecule has 0 fully saturated rings. The lowest BCUT2D eigenvalue weighted by atomic mass is 9.97. The average Bonchev–Trinajstić information content (AvgIpc) is 3.33. The van der Waals surface area contributed by atoms with Crippen molar-refractivity contribution in [2.24, 2.45) is 0 Å². The second-order valence-electron chi connectivity index (χ2n) is 6.33. The molecule has 0 aliphatic carbocycles. The van der Waals surface area contributed by atoms with Gasteiger partial charge in [0.1, 0.15) is 0 Å². The van der Waals surface area contributed by atoms with Crippen LogP contribution < -0.4 is 0 Å². The first-order chi connectivity index (χ1) is 12.7. The molecule has 26 heavy (non-hydrogen) atoms. The zero-order chi connectivity index (χ0) is 17.9. The van der Waals surface area contributed by atoms with Crippen molar-refractivity contribution in [2.45, 2.75) is 31.9 Å². The molecule has 1 aliphatic rings. The molecule has 1 amide bonds. The zero-order valence-electron chi connectivity index (χ0n) is 14.2. The summed E-state index contributed by atoms with van der Waals surface area (Å²) in [7, 11) is 0. The summed E-state index contributed by atoms with van der Waals surface area (Å²) in [5, 5.41) is 14.1. The molecule has 0 radical (unpaired) electrons. The van der Waals surface area contributed by atoms with E-state index in [0.29, 0.717) is 49.8 Å². The van der Waals surface area contributed by atoms with E-state index < -0.39 is 6.10 Å². The first kappa shape index (κ1) is 16.5. The SMILES string of the molecule is O=C(CCCc1nc(-c2ccco2)no1)N1Cc2ccccc2[C@@H](O)C1. The van der Waals surface area contributed by atoms with Crippen molar-refractivity contribution in [1.82, 2.24) is 15.0 Å². The number of benzene rings is 1. The van der Waals surface area contributed by atoms with Gasteiger partial charge in [0.15, 0.2) is 5.76 Å². The molecule has 2 aromatic heterocycles. The Hall–Kier alpha value is -2.93. The number of nitrogens with zero attached hydrogens (tertiary/aromatic N) is 3. The van der Waals surface area contributed by atoms with Crippen LogP contribution in [-0.4, -0.2) is 32.6 Å². The molecule has 0 spiro atoms. The van der Waals surface area contributed by atoms with E-state index in [1.165, 1.54) is 0 Å². The highest BCUT2D eigenvalue weighted by molar-refractivity contribution is 5.76. The van der Waals surface area contributed by atoms with Gasteiger partial charge in [0.05, 0.1) is 18.9 Å². The van der Waals surface area contributed by atoms with Crippen molar-refractivity contribution < 1.29 is 18.8 Å². The fourth-order valence-corrected chi connectivity index (χ4v) is 3.18. The van der Waals surface area contributed by atoms with Crippen molar-refractivity contribution >= 4 is 5.91 Å². The van der Waals surface area contributed by atoms with Crippen LogP contribution in [0.3, 0.4) is 0 Å². The summed E-state index contributed by atoms with van der Waals surface area (Å²) < 4.78 is 10.4. The third kappa shape index (κ3) is 3.39. The summed E-state index contributed by atoms with van der Waals surface area (Å²) >= 11 is 0. The molecule has 1 N–H and O–H groups in total. The fraction of sp³-hybridized carbons (Fsp3) is 0.316. The number of amides is 1. The van der Waals surface area contributed by atoms with Gasteiger partial charge in [-0.1, -0.05) is 29.4 Å². The molecule has 7 nitrogen and oxygen atoms in total. The summed E-state index contributed by atoms with van der Waals surface area (Å²) in [6.45, 7) is 0.869. The quantitative estimate of drug-likeness (QED) is 0.758. The normalized spacial score (nSPS) is 16.5. The highest BCUT2D eigenvalue weighted by Gasteiger charge is 2.26. The molecule has 7 heteroatoms. The number of aliphatic hydroxyl groups excluding tert-OH is 1. The minimum absolute atomic E-state index is 0.0179. The van der Waals surface area contributed by atoms with E-state index in [4.69, 9.17) is 8.94 Å². The molecule has 1 aromatic carbocycles. The third-order valence-corrected chi connectivity index (χ3v) is 4.51. The Morgan fingerprint density at radius 2 is 2.15 bits per heavy atom. The fourth-order valence-electron chi connectivity index (χ4n) is 3.18. The van der Waals surface area contributed by atoms with Crippen LogP contribution in [0.25, 0.3) is 11.6 Å². The van der Waals surface area contributed by atoms with Crippen LogP contribution >= 0.6 is 0 Å². The number of carbonyl (C=O) groups excluding carboxylic acids is 1. The van der Waals surface area contributed by atoms with E-state index in [1.54, 1.807) is 23.3 Å². The monoisotopic (exact) mass is 353 g/mol. The Morgan fingerprint density at radius 1 is 1.27 bits per heavy atom. The Morgan fingerprint density at radius 3 is 3.00 bits per heavy atom. The van der Waals surface area contributed by atoms with Gasteiger partial charge in [0.2, 0.25) is 17.6 Å². The Bertz CT molecular complexity index is 888. The number of carbonyl (C=O) groups is 1. The molecule has 1 atom stereocenters. The van der Waals surface area contributed by atoms with Crippen LogP contribution in [-0.2, 0) is 17.8 Å². The summed E-state index contributed by atoms with van der Waals surface area (Å²) in [6, 6.07) is 11.2. The predicted octanol–water partition coefficient (Wildman–Crippen LogP) is 2.73. The Labute approximate surface area is 150 Å². The number of furan rings is 1. The smallest absolute Gasteiger partial charge is 0.238 e. The highest BCUT2D eigenvalue weighted by atomic mass is 16.5. The van der Waals surface area contributed by atoms with Crippen molar-refractivity contribution in [3.8, 4) is 11.6 Å². The van der Waals surface area contributed by atoms with Crippen molar-refractivity contribution in [3.05, 3.63) is 59.7 Å². The molecular weight excluding hydrogens is 334 g/mol. The van der Waals surface area contributed by atoms with Crippen molar-refractivity contribution in [1.29, 1.82) is 0 Å². The number of hydrogen-bond acceptors (Lipinski definition) is 6. The third-order valence-electron chi connectivity index (χ3n) is 4.51. The van der Waals surface area contributed by atoms with Gasteiger partial charge < -0.3 is 18.9 Å². The van der Waals surface area contributed by atoms with E-state index in [1.807, 2.05) is 24.3 Å². The molecule has 3 aromatic rings. The molecule has 0 bridgehead atoms. The van der Waals surface area contributed by atoms with E-state index in [9.17, 15) is 9.90 Å². The molecule has 0 unspecified atom stereocenters. The number of fused-ring (bicyclic) bond motifs is 1. The van der Waals surface area contributed by atoms with Crippen LogP contribution in [0.1, 0.15) is 36.0 Å². The average molecular weight is 353 g/mol. The maximum atomic E-state index is 12.5. The van der Waals surface area contributed by atoms with E-state index in [2.05, 4.69) is 10.1 Å². The number of aryl methyl sites for hydroxylation is 1. The first-order valence-corrected chi connectivity index (χ1v) is 8.61. The predicted molar refractivity (Wildman–Crippen MR) is 91.8 cm³/mol. The minimum atomic E-state index is -0.629. The maximum Gasteiger partial charge on any atom is 0.238 e. The van der Waals surface area contributed by atoms with Crippen LogP contribution in [0.5, 0.6) is 0 Å². The van der Waals surface area contributed by atoms with Gasteiger partial charge in [-0.25, -0.2) is 0 Å². The molecule has 1 aliphatic heterocycles. The number of rotatable bonds is 5. The van der Waals surface area contributed by atoms with Crippen LogP contribution in [0, 0.1) is 0 Å². The van der Waals surface area contributed by atoms with Gasteiger partial charge >= 0.3 is 0 Å². The summed E-state index contributed by atoms with van der Waals surface area (Å²) in [6.07, 6.45) is 2.41. The Kier molecular flexibility index (Phi) is 4.53. The van der Waals surface area contributed by atoms with Crippen LogP contribution in [0.15, 0.2) is 51.6 Å². The molecule has 134 valence electrons. The molecular formula is C19H19N3O4. The first-order valence-electron chi connectivity index (χ1n) is 8.61. The van der Waals surface area contributed by atoms with E-state index >= 15 is 0 Å². The second-order valence-corrected chi connectivity index (χ2v) is 6.33. The lowest BCUT2D eigenvalue weighted by Gasteiger charge is -2.32. The molecule has 4 rings (SSSR count). The van der Waals surface area contributed by atoms with Gasteiger partial charge in [0, 0.05) is 19.4 Å². The zero-order valence-corrected chi connectivity index (χ0v) is 14.2. The van der Waals surface area contributed by atoms with Gasteiger partial charge in [-0.05, 0) is 29.7 Å². The largest absolute Gasteiger partial charge is 0.461 e. The minimum Gasteiger partial charge on any atom is -0.461 e. The number of β-amino-alcohol motifs (C(OH)–C–C–N with tert-alkyl or cyclic N) is 1. The molecule has 0 saturated heterocycles. The van der Waals surface area contributed by atoms with Gasteiger partial charge in [-0.2, -0.15) is 4.98 Å². The van der Waals surface area contributed by atoms with Crippen LogP contribution in [0.4, 0.5) is 0 Å². The summed E-state index contributed by atoms with van der Waals surface area (Å²) in [4.78, 5) is 18.4. The van der Waals surface area contributed by atoms with Crippen molar-refractivity contribution in [2.75, 3.05) is 6.54 Å². The Balaban J connectivity index is 1.31. The van der Waals surface area contributed by atoms with Gasteiger partial charge in [-0.3, -0.25) is 4.79 Å². The number of aromatic nitrogens is 2. The van der Waals surface area contributed by atoms with Gasteiger partial charge in [-0.15, -0.1) is 0 Å².